The van der Waals surface area contributed by atoms with Crippen molar-refractivity contribution in [3.05, 3.63) is 23.8 Å². The Hall–Kier alpha value is -1.75. The number of hydrogen-bond acceptors (Lipinski definition) is 4. The van der Waals surface area contributed by atoms with Crippen molar-refractivity contribution in [2.45, 2.75) is 25.8 Å². The predicted molar refractivity (Wildman–Crippen MR) is 76.3 cm³/mol. The molecule has 0 radical (unpaired) electrons. The van der Waals surface area contributed by atoms with Crippen LogP contribution in [0.15, 0.2) is 18.2 Å². The van der Waals surface area contributed by atoms with Crippen LogP contribution in [0.2, 0.25) is 0 Å². The number of carbonyl (C=O) groups is 1. The van der Waals surface area contributed by atoms with Crippen LogP contribution in [0.1, 0.15) is 30.6 Å². The molecule has 4 N–H and O–H groups in total. The predicted octanol–water partition coefficient (Wildman–Crippen LogP) is 1.61. The molecule has 1 amide bonds. The van der Waals surface area contributed by atoms with E-state index in [-0.39, 0.29) is 11.4 Å². The zero-order valence-electron chi connectivity index (χ0n) is 11.5. The highest BCUT2D eigenvalue weighted by Gasteiger charge is 2.29. The van der Waals surface area contributed by atoms with E-state index in [1.807, 2.05) is 13.0 Å². The van der Waals surface area contributed by atoms with Gasteiger partial charge in [-0.25, -0.2) is 0 Å². The quantitative estimate of drug-likeness (QED) is 0.721. The van der Waals surface area contributed by atoms with Gasteiger partial charge in [-0.1, -0.05) is 0 Å². The molecule has 5 nitrogen and oxygen atoms in total. The smallest absolute Gasteiger partial charge is 0.251 e. The van der Waals surface area contributed by atoms with E-state index in [1.54, 1.807) is 12.1 Å². The molecule has 1 atom stereocenters. The molecule has 0 aliphatic carbocycles. The van der Waals surface area contributed by atoms with Gasteiger partial charge in [-0.2, -0.15) is 0 Å². The molecule has 0 aromatic heterocycles. The standard InChI is InChI=1S/C14H21N3O2/c1-3-16-13(18)10-4-5-12(11(15)8-10)17-14(2)6-7-19-9-14/h4-5,8,17H,3,6-7,9,15H2,1-2H3,(H,16,18). The molecule has 0 spiro atoms. The minimum Gasteiger partial charge on any atom is -0.397 e. The Morgan fingerprint density at radius 2 is 2.32 bits per heavy atom. The van der Waals surface area contributed by atoms with Gasteiger partial charge in [0.1, 0.15) is 0 Å². The fourth-order valence-electron chi connectivity index (χ4n) is 2.17. The van der Waals surface area contributed by atoms with Crippen molar-refractivity contribution in [3.8, 4) is 0 Å². The minimum atomic E-state index is -0.101. The van der Waals surface area contributed by atoms with E-state index in [0.29, 0.717) is 24.4 Å². The lowest BCUT2D eigenvalue weighted by molar-refractivity contribution is 0.0956. The van der Waals surface area contributed by atoms with Gasteiger partial charge in [0.25, 0.3) is 5.91 Å². The van der Waals surface area contributed by atoms with Crippen LogP contribution < -0.4 is 16.4 Å². The van der Waals surface area contributed by atoms with E-state index in [2.05, 4.69) is 17.6 Å². The molecule has 1 fully saturated rings. The molecule has 2 rings (SSSR count). The zero-order chi connectivity index (χ0) is 13.9. The van der Waals surface area contributed by atoms with Crippen molar-refractivity contribution in [2.24, 2.45) is 0 Å². The van der Waals surface area contributed by atoms with Crippen LogP contribution in [0, 0.1) is 0 Å². The molecule has 1 unspecified atom stereocenters. The first-order chi connectivity index (χ1) is 9.04. The summed E-state index contributed by atoms with van der Waals surface area (Å²) in [4.78, 5) is 11.7. The number of nitrogens with one attached hydrogen (secondary N) is 2. The fraction of sp³-hybridized carbons (Fsp3) is 0.500. The Morgan fingerprint density at radius 3 is 2.89 bits per heavy atom. The normalized spacial score (nSPS) is 22.2. The summed E-state index contributed by atoms with van der Waals surface area (Å²) < 4.78 is 5.40. The first kappa shape index (κ1) is 13.7. The Morgan fingerprint density at radius 1 is 1.53 bits per heavy atom. The molecule has 1 aromatic rings. The van der Waals surface area contributed by atoms with Gasteiger partial charge in [0, 0.05) is 18.7 Å². The van der Waals surface area contributed by atoms with Crippen LogP contribution in [-0.4, -0.2) is 31.2 Å². The van der Waals surface area contributed by atoms with Gasteiger partial charge in [-0.3, -0.25) is 4.79 Å². The summed E-state index contributed by atoms with van der Waals surface area (Å²) in [5.74, 6) is -0.101. The highest BCUT2D eigenvalue weighted by molar-refractivity contribution is 5.96. The SMILES string of the molecule is CCNC(=O)c1ccc(NC2(C)CCOC2)c(N)c1. The third-order valence-electron chi connectivity index (χ3n) is 3.31. The third-order valence-corrected chi connectivity index (χ3v) is 3.31. The van der Waals surface area contributed by atoms with E-state index in [9.17, 15) is 4.79 Å². The van der Waals surface area contributed by atoms with E-state index in [1.165, 1.54) is 0 Å². The molecule has 1 aromatic carbocycles. The Balaban J connectivity index is 2.13. The Kier molecular flexibility index (Phi) is 3.95. The first-order valence-electron chi connectivity index (χ1n) is 6.58. The number of rotatable bonds is 4. The van der Waals surface area contributed by atoms with Crippen LogP contribution in [-0.2, 0) is 4.74 Å². The lowest BCUT2D eigenvalue weighted by Gasteiger charge is -2.26. The summed E-state index contributed by atoms with van der Waals surface area (Å²) in [6.45, 7) is 6.04. The molecule has 1 aliphatic heterocycles. The number of anilines is 2. The van der Waals surface area contributed by atoms with E-state index in [4.69, 9.17) is 10.5 Å². The van der Waals surface area contributed by atoms with Crippen molar-refractivity contribution in [1.29, 1.82) is 0 Å². The van der Waals surface area contributed by atoms with Gasteiger partial charge in [0.2, 0.25) is 0 Å². The van der Waals surface area contributed by atoms with Crippen molar-refractivity contribution < 1.29 is 9.53 Å². The summed E-state index contributed by atoms with van der Waals surface area (Å²) in [6, 6.07) is 5.33. The average Bonchev–Trinajstić information content (AvgIpc) is 2.79. The number of benzene rings is 1. The second kappa shape index (κ2) is 5.48. The Bertz CT molecular complexity index is 468. The molecule has 5 heteroatoms. The lowest BCUT2D eigenvalue weighted by atomic mass is 10.0. The van der Waals surface area contributed by atoms with Crippen LogP contribution in [0.5, 0.6) is 0 Å². The summed E-state index contributed by atoms with van der Waals surface area (Å²) in [7, 11) is 0. The van der Waals surface area contributed by atoms with E-state index in [0.717, 1.165) is 18.7 Å². The number of nitrogens with two attached hydrogens (primary N) is 1. The molecule has 1 heterocycles. The maximum Gasteiger partial charge on any atom is 0.251 e. The second-order valence-corrected chi connectivity index (χ2v) is 5.15. The molecule has 0 saturated carbocycles. The molecule has 104 valence electrons. The monoisotopic (exact) mass is 263 g/mol. The van der Waals surface area contributed by atoms with E-state index >= 15 is 0 Å². The van der Waals surface area contributed by atoms with Crippen molar-refractivity contribution in [2.75, 3.05) is 30.8 Å². The van der Waals surface area contributed by atoms with Crippen molar-refractivity contribution >= 4 is 17.3 Å². The molecule has 1 aliphatic rings. The van der Waals surface area contributed by atoms with Crippen LogP contribution >= 0.6 is 0 Å². The number of ether oxygens (including phenoxy) is 1. The summed E-state index contributed by atoms with van der Waals surface area (Å²) in [5, 5.41) is 6.16. The second-order valence-electron chi connectivity index (χ2n) is 5.15. The first-order valence-corrected chi connectivity index (χ1v) is 6.58. The molecular formula is C14H21N3O2. The van der Waals surface area contributed by atoms with Gasteiger partial charge in [0.05, 0.1) is 23.5 Å². The van der Waals surface area contributed by atoms with Crippen molar-refractivity contribution in [1.82, 2.24) is 5.32 Å². The van der Waals surface area contributed by atoms with Gasteiger partial charge >= 0.3 is 0 Å². The highest BCUT2D eigenvalue weighted by Crippen LogP contribution is 2.28. The third kappa shape index (κ3) is 3.17. The topological polar surface area (TPSA) is 76.4 Å². The molecular weight excluding hydrogens is 242 g/mol. The van der Waals surface area contributed by atoms with Crippen molar-refractivity contribution in [3.63, 3.8) is 0 Å². The van der Waals surface area contributed by atoms with E-state index < -0.39 is 0 Å². The number of amides is 1. The molecule has 0 bridgehead atoms. The largest absolute Gasteiger partial charge is 0.397 e. The zero-order valence-corrected chi connectivity index (χ0v) is 11.5. The van der Waals surface area contributed by atoms with Crippen LogP contribution in [0.3, 0.4) is 0 Å². The maximum absolute atomic E-state index is 11.7. The number of hydrogen-bond donors (Lipinski definition) is 3. The van der Waals surface area contributed by atoms with Gasteiger partial charge in [-0.15, -0.1) is 0 Å². The highest BCUT2D eigenvalue weighted by atomic mass is 16.5. The fourth-order valence-corrected chi connectivity index (χ4v) is 2.17. The molecule has 19 heavy (non-hydrogen) atoms. The summed E-state index contributed by atoms with van der Waals surface area (Å²) >= 11 is 0. The lowest BCUT2D eigenvalue weighted by Crippen LogP contribution is -2.35. The number of nitrogen functional groups attached to an aromatic ring is 1. The van der Waals surface area contributed by atoms with Gasteiger partial charge in [-0.05, 0) is 38.5 Å². The Labute approximate surface area is 113 Å². The average molecular weight is 263 g/mol. The minimum absolute atomic E-state index is 0.0820. The van der Waals surface area contributed by atoms with Gasteiger partial charge in [0.15, 0.2) is 0 Å². The van der Waals surface area contributed by atoms with Crippen LogP contribution in [0.4, 0.5) is 11.4 Å². The molecule has 1 saturated heterocycles. The van der Waals surface area contributed by atoms with Crippen LogP contribution in [0.25, 0.3) is 0 Å². The van der Waals surface area contributed by atoms with Gasteiger partial charge < -0.3 is 21.1 Å². The summed E-state index contributed by atoms with van der Waals surface area (Å²) in [5.41, 5.74) is 7.94. The number of carbonyl (C=O) groups excluding carboxylic acids is 1. The maximum atomic E-state index is 11.7. The summed E-state index contributed by atoms with van der Waals surface area (Å²) in [6.07, 6.45) is 0.949.